The van der Waals surface area contributed by atoms with E-state index in [0.29, 0.717) is 35.0 Å². The second-order valence-corrected chi connectivity index (χ2v) is 15.6. The zero-order valence-electron chi connectivity index (χ0n) is 26.4. The van der Waals surface area contributed by atoms with Crippen LogP contribution in [-0.4, -0.2) is 54.9 Å². The van der Waals surface area contributed by atoms with Crippen molar-refractivity contribution < 1.29 is 19.1 Å². The van der Waals surface area contributed by atoms with Gasteiger partial charge in [-0.2, -0.15) is 0 Å². The van der Waals surface area contributed by atoms with Crippen LogP contribution >= 0.6 is 0 Å². The van der Waals surface area contributed by atoms with E-state index in [2.05, 4.69) is 37.8 Å². The molecule has 2 saturated heterocycles. The molecule has 226 valence electrons. The summed E-state index contributed by atoms with van der Waals surface area (Å²) >= 11 is 0. The number of rotatable bonds is 3. The Morgan fingerprint density at radius 1 is 0.930 bits per heavy atom. The highest BCUT2D eigenvalue weighted by Gasteiger charge is 2.94. The first kappa shape index (κ1) is 26.9. The molecule has 5 heteroatoms. The van der Waals surface area contributed by atoms with Crippen LogP contribution in [0.25, 0.3) is 0 Å². The monoisotopic (exact) mass is 579 g/mol. The molecule has 43 heavy (non-hydrogen) atoms. The van der Waals surface area contributed by atoms with Gasteiger partial charge in [0, 0.05) is 35.3 Å². The number of aryl methyl sites for hydroxylation is 1. The van der Waals surface area contributed by atoms with E-state index >= 15 is 0 Å². The second kappa shape index (κ2) is 8.40. The number of carbonyl (C=O) groups is 2. The van der Waals surface area contributed by atoms with E-state index in [1.807, 2.05) is 31.4 Å². The maximum atomic E-state index is 14.9. The van der Waals surface area contributed by atoms with Gasteiger partial charge in [0.25, 0.3) is 0 Å². The Morgan fingerprint density at radius 2 is 1.67 bits per heavy atom. The van der Waals surface area contributed by atoms with E-state index < -0.39 is 11.0 Å². The highest BCUT2D eigenvalue weighted by Crippen LogP contribution is 2.85. The van der Waals surface area contributed by atoms with Crippen molar-refractivity contribution in [3.8, 4) is 5.75 Å². The first-order chi connectivity index (χ1) is 20.7. The number of benzene rings is 2. The van der Waals surface area contributed by atoms with Gasteiger partial charge in [0.05, 0.1) is 13.2 Å². The van der Waals surface area contributed by atoms with E-state index in [-0.39, 0.29) is 34.4 Å². The molecule has 0 bridgehead atoms. The van der Waals surface area contributed by atoms with Crippen LogP contribution in [0.1, 0.15) is 109 Å². The third-order valence-electron chi connectivity index (χ3n) is 15.0. The van der Waals surface area contributed by atoms with Crippen molar-refractivity contribution in [2.45, 2.75) is 101 Å². The Bertz CT molecular complexity index is 1560. The van der Waals surface area contributed by atoms with Crippen LogP contribution in [0.2, 0.25) is 0 Å². The molecule has 9 atom stereocenters. The Labute approximate surface area is 255 Å². The summed E-state index contributed by atoms with van der Waals surface area (Å²) in [5.41, 5.74) is 3.53. The minimum absolute atomic E-state index is 0.0238. The van der Waals surface area contributed by atoms with Gasteiger partial charge in [-0.15, -0.1) is 0 Å². The number of Topliss-reactive ketones (excluding diaryl/α,β-unsaturated/α-hetero) is 2. The maximum Gasteiger partial charge on any atom is 0.192 e. The normalized spacial score (nSPS) is 43.2. The lowest BCUT2D eigenvalue weighted by Gasteiger charge is -2.51. The average molecular weight is 580 g/mol. The Balaban J connectivity index is 1.24. The predicted octanol–water partition coefficient (Wildman–Crippen LogP) is 6.76. The van der Waals surface area contributed by atoms with Gasteiger partial charge in [-0.25, -0.2) is 0 Å². The molecule has 2 aliphatic heterocycles. The van der Waals surface area contributed by atoms with E-state index in [4.69, 9.17) is 9.47 Å². The van der Waals surface area contributed by atoms with E-state index in [9.17, 15) is 9.59 Å². The fraction of sp³-hybridized carbons (Fsp3) is 0.632. The summed E-state index contributed by atoms with van der Waals surface area (Å²) in [4.78, 5) is 32.2. The molecule has 0 unspecified atom stereocenters. The molecule has 5 nitrogen and oxygen atoms in total. The first-order valence-electron chi connectivity index (χ1n) is 16.9. The number of methoxy groups -OCH3 is 2. The smallest absolute Gasteiger partial charge is 0.192 e. The quantitative estimate of drug-likeness (QED) is 0.376. The van der Waals surface area contributed by atoms with E-state index in [1.165, 1.54) is 43.2 Å². The molecule has 0 N–H and O–H groups in total. The Hall–Kier alpha value is -2.50. The van der Waals surface area contributed by atoms with Crippen molar-refractivity contribution in [1.29, 1.82) is 0 Å². The number of piperidine rings is 1. The first-order valence-corrected chi connectivity index (χ1v) is 16.9. The zero-order valence-corrected chi connectivity index (χ0v) is 26.4. The predicted molar refractivity (Wildman–Crippen MR) is 165 cm³/mol. The van der Waals surface area contributed by atoms with Crippen molar-refractivity contribution in [2.24, 2.45) is 28.6 Å². The van der Waals surface area contributed by atoms with Crippen molar-refractivity contribution in [1.82, 2.24) is 4.90 Å². The highest BCUT2D eigenvalue weighted by molar-refractivity contribution is 6.35. The molecule has 5 aliphatic carbocycles. The molecule has 2 heterocycles. The van der Waals surface area contributed by atoms with Gasteiger partial charge in [0.15, 0.2) is 17.1 Å². The summed E-state index contributed by atoms with van der Waals surface area (Å²) < 4.78 is 12.3. The van der Waals surface area contributed by atoms with Gasteiger partial charge in [-0.1, -0.05) is 51.1 Å². The number of ketones is 2. The van der Waals surface area contributed by atoms with Gasteiger partial charge in [-0.05, 0) is 110 Å². The number of carbonyl (C=O) groups excluding carboxylic acids is 2. The van der Waals surface area contributed by atoms with Crippen molar-refractivity contribution in [2.75, 3.05) is 20.8 Å². The SMILES string of the molecule is COc1cc2c(cc1[C@@]13[C@@H](C)[C@]1(C)[C@@H]1CCCN1C31C(=O)c3ccccc3C1=O)[C@H]1CC[C@]3(C)[C@@H](OC)CC[C@H]3[C@@H]1CC2. The summed E-state index contributed by atoms with van der Waals surface area (Å²) in [5.74, 6) is 2.99. The fourth-order valence-corrected chi connectivity index (χ4v) is 13.3. The van der Waals surface area contributed by atoms with Crippen LogP contribution < -0.4 is 4.74 Å². The molecule has 2 aromatic rings. The summed E-state index contributed by atoms with van der Waals surface area (Å²) in [6.07, 6.45) is 9.55. The molecule has 5 fully saturated rings. The van der Waals surface area contributed by atoms with Crippen LogP contribution in [0.15, 0.2) is 36.4 Å². The van der Waals surface area contributed by atoms with Crippen LogP contribution in [-0.2, 0) is 16.6 Å². The van der Waals surface area contributed by atoms with Crippen molar-refractivity contribution >= 4 is 11.6 Å². The molecule has 1 spiro atoms. The largest absolute Gasteiger partial charge is 0.496 e. The van der Waals surface area contributed by atoms with E-state index in [1.54, 1.807) is 7.11 Å². The van der Waals surface area contributed by atoms with Crippen LogP contribution in [0.3, 0.4) is 0 Å². The van der Waals surface area contributed by atoms with Crippen molar-refractivity contribution in [3.63, 3.8) is 0 Å². The summed E-state index contributed by atoms with van der Waals surface area (Å²) in [6.45, 7) is 8.00. The Kier molecular flexibility index (Phi) is 5.25. The van der Waals surface area contributed by atoms with Gasteiger partial charge in [0.2, 0.25) is 0 Å². The summed E-state index contributed by atoms with van der Waals surface area (Å²) in [6, 6.07) is 12.6. The lowest BCUT2D eigenvalue weighted by Crippen LogP contribution is -2.62. The third kappa shape index (κ3) is 2.66. The maximum absolute atomic E-state index is 14.9. The molecule has 7 aliphatic rings. The number of hydrogen-bond donors (Lipinski definition) is 0. The number of fused-ring (bicyclic) bond motifs is 11. The van der Waals surface area contributed by atoms with E-state index in [0.717, 1.165) is 37.1 Å². The van der Waals surface area contributed by atoms with Crippen LogP contribution in [0.4, 0.5) is 0 Å². The van der Waals surface area contributed by atoms with Crippen molar-refractivity contribution in [3.05, 3.63) is 64.2 Å². The van der Waals surface area contributed by atoms with Gasteiger partial charge < -0.3 is 9.47 Å². The average Bonchev–Trinajstić information content (AvgIpc) is 3.53. The van der Waals surface area contributed by atoms with Gasteiger partial charge in [0.1, 0.15) is 5.75 Å². The lowest BCUT2D eigenvalue weighted by molar-refractivity contribution is -0.0444. The molecule has 0 aromatic heterocycles. The standard InChI is InChI=1S/C38H45NO4/c1-21-36(3)31-11-8-18-39(31)38(33(40)25-9-6-7-10-26(25)34(38)41)37(21,36)29-20-27-22(19-30(29)42-4)12-13-24-23(27)16-17-35(2)28(24)14-15-32(35)43-5/h6-7,9-10,19-21,23-24,28,31-32H,8,11-18H2,1-5H3/t21-,23-,24+,28-,31-,32-,35-,36+,37-/m0/s1. The molecule has 3 saturated carbocycles. The third-order valence-corrected chi connectivity index (χ3v) is 15.0. The highest BCUT2D eigenvalue weighted by atomic mass is 16.5. The molecule has 0 radical (unpaired) electrons. The number of ether oxygens (including phenoxy) is 2. The van der Waals surface area contributed by atoms with Gasteiger partial charge in [-0.3, -0.25) is 14.5 Å². The number of nitrogens with zero attached hydrogens (tertiary/aromatic N) is 1. The lowest BCUT2D eigenvalue weighted by atomic mass is 9.55. The van der Waals surface area contributed by atoms with Crippen LogP contribution in [0, 0.1) is 28.6 Å². The molecule has 0 amide bonds. The topological polar surface area (TPSA) is 55.8 Å². The minimum Gasteiger partial charge on any atom is -0.496 e. The summed E-state index contributed by atoms with van der Waals surface area (Å²) in [5, 5.41) is 0. The van der Waals surface area contributed by atoms with Gasteiger partial charge >= 0.3 is 0 Å². The molecular formula is C38H45NO4. The fourth-order valence-electron chi connectivity index (χ4n) is 13.3. The molecular weight excluding hydrogens is 534 g/mol. The molecule has 9 rings (SSSR count). The Morgan fingerprint density at radius 3 is 2.37 bits per heavy atom. The summed E-state index contributed by atoms with van der Waals surface area (Å²) in [7, 11) is 3.68. The zero-order chi connectivity index (χ0) is 29.7. The molecule has 2 aromatic carbocycles. The minimum atomic E-state index is -1.19. The number of hydrogen-bond acceptors (Lipinski definition) is 5. The second-order valence-electron chi connectivity index (χ2n) is 15.6. The van der Waals surface area contributed by atoms with Crippen LogP contribution in [0.5, 0.6) is 5.75 Å².